The fourth-order valence-corrected chi connectivity index (χ4v) is 2.73. The number of hydrogen-bond acceptors (Lipinski definition) is 5. The van der Waals surface area contributed by atoms with Gasteiger partial charge in [-0.1, -0.05) is 29.8 Å². The van der Waals surface area contributed by atoms with Crippen LogP contribution in [-0.2, 0) is 0 Å². The number of rotatable bonds is 3. The standard InChI is InChI=1S/C18H16N4O2S/c1-12-2-5-14(6-3-12)17-20-21-18(25)22(17)19-11-13-4-7-15-16(10-13)24-9-8-23-15/h2-7,10-11H,8-9H2,1H3,(H,21,25)/b19-11-. The smallest absolute Gasteiger partial charge is 0.216 e. The molecule has 0 amide bonds. The first kappa shape index (κ1) is 15.6. The van der Waals surface area contributed by atoms with Gasteiger partial charge in [-0.3, -0.25) is 0 Å². The normalized spacial score (nSPS) is 13.3. The summed E-state index contributed by atoms with van der Waals surface area (Å²) < 4.78 is 13.2. The number of hydrogen-bond donors (Lipinski definition) is 1. The van der Waals surface area contributed by atoms with Crippen molar-refractivity contribution in [3.05, 3.63) is 58.4 Å². The molecule has 6 nitrogen and oxygen atoms in total. The zero-order valence-electron chi connectivity index (χ0n) is 13.6. The van der Waals surface area contributed by atoms with E-state index in [0.717, 1.165) is 22.6 Å². The van der Waals surface area contributed by atoms with E-state index in [1.54, 1.807) is 10.9 Å². The molecule has 0 saturated heterocycles. The molecule has 0 spiro atoms. The van der Waals surface area contributed by atoms with Crippen molar-refractivity contribution < 1.29 is 9.47 Å². The lowest BCUT2D eigenvalue weighted by Crippen LogP contribution is -2.15. The Morgan fingerprint density at radius 1 is 1.12 bits per heavy atom. The van der Waals surface area contributed by atoms with E-state index in [4.69, 9.17) is 21.7 Å². The predicted octanol–water partition coefficient (Wildman–Crippen LogP) is 3.57. The van der Waals surface area contributed by atoms with Crippen LogP contribution in [0.15, 0.2) is 47.6 Å². The first-order chi connectivity index (χ1) is 12.2. The summed E-state index contributed by atoms with van der Waals surface area (Å²) in [6.07, 6.45) is 1.72. The lowest BCUT2D eigenvalue weighted by Gasteiger charge is -2.18. The average Bonchev–Trinajstić information content (AvgIpc) is 3.01. The number of nitrogens with zero attached hydrogens (tertiary/aromatic N) is 3. The molecule has 0 aliphatic carbocycles. The summed E-state index contributed by atoms with van der Waals surface area (Å²) in [6, 6.07) is 13.8. The predicted molar refractivity (Wildman–Crippen MR) is 98.0 cm³/mol. The number of benzene rings is 2. The van der Waals surface area contributed by atoms with Gasteiger partial charge in [0.15, 0.2) is 17.3 Å². The van der Waals surface area contributed by atoms with Gasteiger partial charge in [-0.25, -0.2) is 5.10 Å². The van der Waals surface area contributed by atoms with Gasteiger partial charge in [0.25, 0.3) is 0 Å². The molecule has 0 bridgehead atoms. The summed E-state index contributed by atoms with van der Waals surface area (Å²) in [5.74, 6) is 2.15. The molecule has 0 atom stereocenters. The van der Waals surface area contributed by atoms with Crippen molar-refractivity contribution in [1.82, 2.24) is 14.9 Å². The molecule has 0 unspecified atom stereocenters. The maximum absolute atomic E-state index is 5.60. The maximum atomic E-state index is 5.60. The number of aryl methyl sites for hydroxylation is 1. The second kappa shape index (κ2) is 6.52. The highest BCUT2D eigenvalue weighted by molar-refractivity contribution is 7.71. The number of H-pyrrole nitrogens is 1. The van der Waals surface area contributed by atoms with Crippen LogP contribution in [0.1, 0.15) is 11.1 Å². The number of nitrogens with one attached hydrogen (secondary N) is 1. The highest BCUT2D eigenvalue weighted by atomic mass is 32.1. The van der Waals surface area contributed by atoms with E-state index < -0.39 is 0 Å². The van der Waals surface area contributed by atoms with Crippen LogP contribution in [0.2, 0.25) is 0 Å². The van der Waals surface area contributed by atoms with E-state index in [1.807, 2.05) is 49.4 Å². The van der Waals surface area contributed by atoms with Gasteiger partial charge in [-0.15, -0.1) is 0 Å². The van der Waals surface area contributed by atoms with Gasteiger partial charge in [-0.2, -0.15) is 14.9 Å². The van der Waals surface area contributed by atoms with Crippen molar-refractivity contribution in [2.24, 2.45) is 5.10 Å². The minimum absolute atomic E-state index is 0.435. The molecule has 0 fully saturated rings. The summed E-state index contributed by atoms with van der Waals surface area (Å²) in [4.78, 5) is 0. The summed E-state index contributed by atoms with van der Waals surface area (Å²) in [5, 5.41) is 11.6. The number of aromatic nitrogens is 3. The average molecular weight is 352 g/mol. The van der Waals surface area contributed by atoms with Gasteiger partial charge < -0.3 is 9.47 Å². The molecule has 2 aromatic carbocycles. The van der Waals surface area contributed by atoms with Crippen LogP contribution in [0.25, 0.3) is 11.4 Å². The van der Waals surface area contributed by atoms with Crippen LogP contribution in [-0.4, -0.2) is 34.3 Å². The highest BCUT2D eigenvalue weighted by Crippen LogP contribution is 2.30. The molecule has 7 heteroatoms. The Bertz CT molecular complexity index is 989. The Morgan fingerprint density at radius 3 is 2.68 bits per heavy atom. The Labute approximate surface area is 149 Å². The van der Waals surface area contributed by atoms with Crippen LogP contribution >= 0.6 is 12.2 Å². The van der Waals surface area contributed by atoms with Crippen LogP contribution in [0, 0.1) is 11.7 Å². The molecule has 25 heavy (non-hydrogen) atoms. The second-order valence-corrected chi connectivity index (χ2v) is 6.06. The van der Waals surface area contributed by atoms with Crippen LogP contribution in [0.5, 0.6) is 11.5 Å². The molecule has 1 aliphatic rings. The SMILES string of the molecule is Cc1ccc(-c2n[nH]c(=S)n2/N=C\c2ccc3c(c2)OCCO3)cc1. The van der Waals surface area contributed by atoms with Crippen molar-refractivity contribution in [2.45, 2.75) is 6.92 Å². The summed E-state index contributed by atoms with van der Waals surface area (Å²) in [6.45, 7) is 3.17. The van der Waals surface area contributed by atoms with Gasteiger partial charge in [0.1, 0.15) is 13.2 Å². The zero-order chi connectivity index (χ0) is 17.2. The van der Waals surface area contributed by atoms with Crippen molar-refractivity contribution in [3.8, 4) is 22.9 Å². The molecule has 3 aromatic rings. The van der Waals surface area contributed by atoms with Gasteiger partial charge >= 0.3 is 0 Å². The fraction of sp³-hybridized carbons (Fsp3) is 0.167. The number of ether oxygens (including phenoxy) is 2. The van der Waals surface area contributed by atoms with E-state index in [2.05, 4.69) is 15.3 Å². The van der Waals surface area contributed by atoms with Crippen molar-refractivity contribution in [2.75, 3.05) is 13.2 Å². The Kier molecular flexibility index (Phi) is 4.07. The highest BCUT2D eigenvalue weighted by Gasteiger charge is 2.11. The minimum atomic E-state index is 0.435. The molecular weight excluding hydrogens is 336 g/mol. The Morgan fingerprint density at radius 2 is 1.88 bits per heavy atom. The second-order valence-electron chi connectivity index (χ2n) is 5.68. The quantitative estimate of drug-likeness (QED) is 0.578. The topological polar surface area (TPSA) is 64.4 Å². The summed E-state index contributed by atoms with van der Waals surface area (Å²) in [7, 11) is 0. The number of aromatic amines is 1. The third-order valence-corrected chi connectivity index (χ3v) is 4.11. The van der Waals surface area contributed by atoms with Gasteiger partial charge in [-0.05, 0) is 42.9 Å². The van der Waals surface area contributed by atoms with Crippen molar-refractivity contribution in [1.29, 1.82) is 0 Å². The fourth-order valence-electron chi connectivity index (χ4n) is 2.55. The maximum Gasteiger partial charge on any atom is 0.216 e. The van der Waals surface area contributed by atoms with Crippen molar-refractivity contribution >= 4 is 18.4 Å². The van der Waals surface area contributed by atoms with E-state index in [0.29, 0.717) is 23.8 Å². The third-order valence-electron chi connectivity index (χ3n) is 3.85. The first-order valence-corrected chi connectivity index (χ1v) is 8.30. The lowest BCUT2D eigenvalue weighted by atomic mass is 10.1. The zero-order valence-corrected chi connectivity index (χ0v) is 14.4. The Balaban J connectivity index is 1.67. The minimum Gasteiger partial charge on any atom is -0.486 e. The van der Waals surface area contributed by atoms with Crippen molar-refractivity contribution in [3.63, 3.8) is 0 Å². The first-order valence-electron chi connectivity index (χ1n) is 7.89. The Hall–Kier alpha value is -2.93. The molecule has 1 aliphatic heterocycles. The van der Waals surface area contributed by atoms with E-state index in [-0.39, 0.29) is 0 Å². The molecular formula is C18H16N4O2S. The lowest BCUT2D eigenvalue weighted by molar-refractivity contribution is 0.171. The molecule has 0 radical (unpaired) electrons. The van der Waals surface area contributed by atoms with Gasteiger partial charge in [0.05, 0.1) is 6.21 Å². The van der Waals surface area contributed by atoms with Gasteiger partial charge in [0, 0.05) is 5.56 Å². The van der Waals surface area contributed by atoms with Crippen LogP contribution < -0.4 is 9.47 Å². The van der Waals surface area contributed by atoms with E-state index >= 15 is 0 Å². The third kappa shape index (κ3) is 3.18. The molecule has 2 heterocycles. The van der Waals surface area contributed by atoms with Crippen LogP contribution in [0.4, 0.5) is 0 Å². The molecule has 4 rings (SSSR count). The molecule has 1 aromatic heterocycles. The summed E-state index contributed by atoms with van der Waals surface area (Å²) >= 11 is 5.30. The molecule has 126 valence electrons. The number of fused-ring (bicyclic) bond motifs is 1. The molecule has 0 saturated carbocycles. The monoisotopic (exact) mass is 352 g/mol. The molecule has 1 N–H and O–H groups in total. The summed E-state index contributed by atoms with van der Waals surface area (Å²) in [5.41, 5.74) is 3.02. The van der Waals surface area contributed by atoms with Crippen LogP contribution in [0.3, 0.4) is 0 Å². The largest absolute Gasteiger partial charge is 0.486 e. The van der Waals surface area contributed by atoms with E-state index in [9.17, 15) is 0 Å². The van der Waals surface area contributed by atoms with Gasteiger partial charge in [0.2, 0.25) is 4.77 Å². The van der Waals surface area contributed by atoms with E-state index in [1.165, 1.54) is 5.56 Å².